The molecule has 4 nitrogen and oxygen atoms in total. The fourth-order valence-electron chi connectivity index (χ4n) is 2.13. The molecule has 0 saturated heterocycles. The van der Waals surface area contributed by atoms with Crippen molar-refractivity contribution in [2.24, 2.45) is 7.05 Å². The van der Waals surface area contributed by atoms with Crippen molar-refractivity contribution in [1.82, 2.24) is 9.78 Å². The molecule has 0 N–H and O–H groups in total. The van der Waals surface area contributed by atoms with Gasteiger partial charge in [-0.05, 0) is 37.5 Å². The molecule has 2 rings (SSSR count). The topological polar surface area (TPSA) is 44.1 Å². The maximum absolute atomic E-state index is 11.1. The Morgan fingerprint density at radius 1 is 1.30 bits per heavy atom. The molecule has 1 aromatic carbocycles. The maximum Gasteiger partial charge on any atom is 0.228 e. The number of nitrogens with zero attached hydrogens (tertiary/aromatic N) is 2. The Hall–Kier alpha value is -2.10. The molecule has 1 heterocycles. The van der Waals surface area contributed by atoms with Crippen LogP contribution in [0.1, 0.15) is 41.4 Å². The number of aldehydes is 1. The van der Waals surface area contributed by atoms with Crippen molar-refractivity contribution in [3.05, 3.63) is 41.1 Å². The second-order valence-electron chi connectivity index (χ2n) is 4.90. The van der Waals surface area contributed by atoms with E-state index in [-0.39, 0.29) is 0 Å². The molecular weight excluding hydrogens is 252 g/mol. The van der Waals surface area contributed by atoms with Gasteiger partial charge in [0.05, 0.1) is 11.3 Å². The first kappa shape index (κ1) is 14.3. The quantitative estimate of drug-likeness (QED) is 0.753. The Kier molecular flexibility index (Phi) is 4.56. The van der Waals surface area contributed by atoms with Crippen LogP contribution in [-0.2, 0) is 13.5 Å². The van der Waals surface area contributed by atoms with Crippen molar-refractivity contribution in [2.75, 3.05) is 0 Å². The van der Waals surface area contributed by atoms with Crippen LogP contribution in [0.25, 0.3) is 0 Å². The molecule has 2 aromatic rings. The second-order valence-corrected chi connectivity index (χ2v) is 4.90. The molecule has 20 heavy (non-hydrogen) atoms. The van der Waals surface area contributed by atoms with E-state index in [9.17, 15) is 4.79 Å². The van der Waals surface area contributed by atoms with E-state index in [0.717, 1.165) is 18.5 Å². The SMILES string of the molecule is CCCCc1ccc(Oc2c(C=O)c(C)nn2C)cc1. The number of benzene rings is 1. The Bertz CT molecular complexity index is 585. The minimum absolute atomic E-state index is 0.485. The van der Waals surface area contributed by atoms with Gasteiger partial charge >= 0.3 is 0 Å². The van der Waals surface area contributed by atoms with Crippen molar-refractivity contribution in [3.63, 3.8) is 0 Å². The van der Waals surface area contributed by atoms with E-state index >= 15 is 0 Å². The summed E-state index contributed by atoms with van der Waals surface area (Å²) in [4.78, 5) is 11.1. The summed E-state index contributed by atoms with van der Waals surface area (Å²) < 4.78 is 7.37. The monoisotopic (exact) mass is 272 g/mol. The van der Waals surface area contributed by atoms with Gasteiger partial charge in [0.15, 0.2) is 6.29 Å². The van der Waals surface area contributed by atoms with Crippen LogP contribution in [0.4, 0.5) is 0 Å². The third kappa shape index (κ3) is 3.07. The van der Waals surface area contributed by atoms with Gasteiger partial charge in [0, 0.05) is 7.05 Å². The van der Waals surface area contributed by atoms with E-state index in [4.69, 9.17) is 4.74 Å². The first-order chi connectivity index (χ1) is 9.65. The van der Waals surface area contributed by atoms with Gasteiger partial charge in [-0.3, -0.25) is 4.79 Å². The number of rotatable bonds is 6. The molecule has 1 aromatic heterocycles. The Morgan fingerprint density at radius 3 is 2.60 bits per heavy atom. The van der Waals surface area contributed by atoms with Crippen LogP contribution in [0.5, 0.6) is 11.6 Å². The summed E-state index contributed by atoms with van der Waals surface area (Å²) in [5, 5.41) is 4.20. The van der Waals surface area contributed by atoms with Gasteiger partial charge in [0.25, 0.3) is 0 Å². The van der Waals surface area contributed by atoms with Gasteiger partial charge < -0.3 is 4.74 Å². The molecule has 0 unspecified atom stereocenters. The van der Waals surface area contributed by atoms with Gasteiger partial charge in [-0.15, -0.1) is 0 Å². The third-order valence-corrected chi connectivity index (χ3v) is 3.29. The first-order valence-corrected chi connectivity index (χ1v) is 6.91. The molecular formula is C16H20N2O2. The van der Waals surface area contributed by atoms with Crippen LogP contribution >= 0.6 is 0 Å². The van der Waals surface area contributed by atoms with Crippen molar-refractivity contribution in [3.8, 4) is 11.6 Å². The molecule has 0 spiro atoms. The van der Waals surface area contributed by atoms with Crippen LogP contribution < -0.4 is 4.74 Å². The van der Waals surface area contributed by atoms with Gasteiger partial charge in [-0.25, -0.2) is 4.68 Å². The summed E-state index contributed by atoms with van der Waals surface area (Å²) in [5.41, 5.74) is 2.48. The molecule has 0 saturated carbocycles. The Labute approximate surface area is 119 Å². The molecule has 0 fully saturated rings. The fourth-order valence-corrected chi connectivity index (χ4v) is 2.13. The zero-order valence-electron chi connectivity index (χ0n) is 12.2. The molecule has 0 bridgehead atoms. The van der Waals surface area contributed by atoms with Crippen LogP contribution in [0, 0.1) is 6.92 Å². The standard InChI is InChI=1S/C16H20N2O2/c1-4-5-6-13-7-9-14(10-8-13)20-16-15(11-19)12(2)17-18(16)3/h7-11H,4-6H2,1-3H3. The highest BCUT2D eigenvalue weighted by molar-refractivity contribution is 5.80. The summed E-state index contributed by atoms with van der Waals surface area (Å²) >= 11 is 0. The molecule has 106 valence electrons. The lowest BCUT2D eigenvalue weighted by molar-refractivity contribution is 0.112. The fraction of sp³-hybridized carbons (Fsp3) is 0.375. The number of unbranched alkanes of at least 4 members (excludes halogenated alkanes) is 1. The van der Waals surface area contributed by atoms with Gasteiger partial charge in [-0.1, -0.05) is 25.5 Å². The van der Waals surface area contributed by atoms with Crippen molar-refractivity contribution in [1.29, 1.82) is 0 Å². The minimum Gasteiger partial charge on any atom is -0.439 e. The largest absolute Gasteiger partial charge is 0.439 e. The third-order valence-electron chi connectivity index (χ3n) is 3.29. The number of aryl methyl sites for hydroxylation is 3. The van der Waals surface area contributed by atoms with Crippen LogP contribution in [-0.4, -0.2) is 16.1 Å². The number of ether oxygens (including phenoxy) is 1. The minimum atomic E-state index is 0.485. The lowest BCUT2D eigenvalue weighted by Crippen LogP contribution is -1.97. The van der Waals surface area contributed by atoms with Gasteiger partial charge in [0.2, 0.25) is 5.88 Å². The summed E-state index contributed by atoms with van der Waals surface area (Å²) in [5.74, 6) is 1.20. The Balaban J connectivity index is 2.16. The number of hydrogen-bond donors (Lipinski definition) is 0. The van der Waals surface area contributed by atoms with E-state index < -0.39 is 0 Å². The van der Waals surface area contributed by atoms with E-state index in [1.54, 1.807) is 18.7 Å². The molecule has 0 atom stereocenters. The highest BCUT2D eigenvalue weighted by Crippen LogP contribution is 2.26. The van der Waals surface area contributed by atoms with Crippen molar-refractivity contribution in [2.45, 2.75) is 33.1 Å². The number of hydrogen-bond acceptors (Lipinski definition) is 3. The number of carbonyl (C=O) groups is 1. The van der Waals surface area contributed by atoms with Crippen LogP contribution in [0.2, 0.25) is 0 Å². The lowest BCUT2D eigenvalue weighted by atomic mass is 10.1. The maximum atomic E-state index is 11.1. The van der Waals surface area contributed by atoms with E-state index in [1.165, 1.54) is 18.4 Å². The molecule has 0 aliphatic rings. The summed E-state index contributed by atoms with van der Waals surface area (Å²) in [6, 6.07) is 7.99. The molecule has 4 heteroatoms. The second kappa shape index (κ2) is 6.37. The Morgan fingerprint density at radius 2 is 2.00 bits per heavy atom. The van der Waals surface area contributed by atoms with E-state index in [2.05, 4.69) is 24.2 Å². The molecule has 0 aliphatic heterocycles. The molecule has 0 amide bonds. The first-order valence-electron chi connectivity index (χ1n) is 6.91. The van der Waals surface area contributed by atoms with Gasteiger partial charge in [0.1, 0.15) is 5.75 Å². The van der Waals surface area contributed by atoms with Crippen LogP contribution in [0.3, 0.4) is 0 Å². The van der Waals surface area contributed by atoms with Gasteiger partial charge in [-0.2, -0.15) is 5.10 Å². The van der Waals surface area contributed by atoms with E-state index in [1.807, 2.05) is 12.1 Å². The normalized spacial score (nSPS) is 10.6. The van der Waals surface area contributed by atoms with Crippen molar-refractivity contribution >= 4 is 6.29 Å². The predicted molar refractivity (Wildman–Crippen MR) is 78.5 cm³/mol. The van der Waals surface area contributed by atoms with Crippen molar-refractivity contribution < 1.29 is 9.53 Å². The predicted octanol–water partition coefficient (Wildman–Crippen LogP) is 3.68. The molecule has 0 aliphatic carbocycles. The highest BCUT2D eigenvalue weighted by Gasteiger charge is 2.14. The average molecular weight is 272 g/mol. The van der Waals surface area contributed by atoms with E-state index in [0.29, 0.717) is 17.1 Å². The number of aromatic nitrogens is 2. The zero-order chi connectivity index (χ0) is 14.5. The zero-order valence-corrected chi connectivity index (χ0v) is 12.2. The summed E-state index contributed by atoms with van der Waals surface area (Å²) in [6.45, 7) is 3.98. The van der Waals surface area contributed by atoms with Crippen LogP contribution in [0.15, 0.2) is 24.3 Å². The summed E-state index contributed by atoms with van der Waals surface area (Å²) in [6.07, 6.45) is 4.25. The molecule has 0 radical (unpaired) electrons. The average Bonchev–Trinajstić information content (AvgIpc) is 2.72. The number of carbonyl (C=O) groups excluding carboxylic acids is 1. The lowest BCUT2D eigenvalue weighted by Gasteiger charge is -2.07. The summed E-state index contributed by atoms with van der Waals surface area (Å²) in [7, 11) is 1.77. The smallest absolute Gasteiger partial charge is 0.228 e. The highest BCUT2D eigenvalue weighted by atomic mass is 16.5.